The lowest BCUT2D eigenvalue weighted by Crippen LogP contribution is -2.14. The monoisotopic (exact) mass is 256 g/mol. The van der Waals surface area contributed by atoms with Crippen molar-refractivity contribution in [1.29, 1.82) is 0 Å². The Morgan fingerprint density at radius 2 is 2.24 bits per heavy atom. The molecule has 1 rings (SSSR count). The molecule has 1 aromatic heterocycles. The molecule has 0 aliphatic rings. The van der Waals surface area contributed by atoms with Crippen LogP contribution in [0.5, 0.6) is 0 Å². The minimum atomic E-state index is -0.279. The van der Waals surface area contributed by atoms with Gasteiger partial charge in [0.15, 0.2) is 5.13 Å². The van der Waals surface area contributed by atoms with Crippen molar-refractivity contribution in [3.05, 3.63) is 10.6 Å². The van der Waals surface area contributed by atoms with Gasteiger partial charge in [0.2, 0.25) is 0 Å². The SMILES string of the molecule is CCCC(C)Nc1nc(C)c(C(=O)OCC)s1. The Kier molecular flexibility index (Phi) is 5.41. The number of thiazole rings is 1. The average Bonchev–Trinajstić information content (AvgIpc) is 2.60. The molecule has 0 aliphatic carbocycles. The number of aromatic nitrogens is 1. The third-order valence-corrected chi connectivity index (χ3v) is 3.42. The number of anilines is 1. The van der Waals surface area contributed by atoms with E-state index in [9.17, 15) is 4.79 Å². The first-order valence-corrected chi connectivity index (χ1v) is 6.81. The van der Waals surface area contributed by atoms with E-state index >= 15 is 0 Å². The minimum Gasteiger partial charge on any atom is -0.462 e. The summed E-state index contributed by atoms with van der Waals surface area (Å²) in [4.78, 5) is 16.5. The number of carbonyl (C=O) groups is 1. The van der Waals surface area contributed by atoms with E-state index in [2.05, 4.69) is 24.1 Å². The molecule has 1 heterocycles. The molecule has 5 heteroatoms. The topological polar surface area (TPSA) is 51.2 Å². The van der Waals surface area contributed by atoms with Gasteiger partial charge in [0.25, 0.3) is 0 Å². The zero-order valence-corrected chi connectivity index (χ0v) is 11.7. The average molecular weight is 256 g/mol. The minimum absolute atomic E-state index is 0.279. The Labute approximate surface area is 106 Å². The molecule has 0 radical (unpaired) electrons. The molecule has 96 valence electrons. The quantitative estimate of drug-likeness (QED) is 0.794. The molecule has 1 aromatic rings. The van der Waals surface area contributed by atoms with Gasteiger partial charge in [-0.25, -0.2) is 9.78 Å². The van der Waals surface area contributed by atoms with Crippen molar-refractivity contribution in [3.8, 4) is 0 Å². The zero-order chi connectivity index (χ0) is 12.8. The van der Waals surface area contributed by atoms with Gasteiger partial charge in [0.05, 0.1) is 12.3 Å². The smallest absolute Gasteiger partial charge is 0.350 e. The van der Waals surface area contributed by atoms with Crippen LogP contribution >= 0.6 is 11.3 Å². The van der Waals surface area contributed by atoms with E-state index in [1.165, 1.54) is 11.3 Å². The Bertz CT molecular complexity index is 377. The maximum Gasteiger partial charge on any atom is 0.350 e. The Balaban J connectivity index is 2.70. The van der Waals surface area contributed by atoms with Gasteiger partial charge in [-0.2, -0.15) is 0 Å². The maximum atomic E-state index is 11.6. The van der Waals surface area contributed by atoms with Crippen LogP contribution < -0.4 is 5.32 Å². The van der Waals surface area contributed by atoms with Crippen LogP contribution in [0.4, 0.5) is 5.13 Å². The lowest BCUT2D eigenvalue weighted by atomic mass is 10.2. The van der Waals surface area contributed by atoms with Gasteiger partial charge in [-0.15, -0.1) is 0 Å². The van der Waals surface area contributed by atoms with Gasteiger partial charge >= 0.3 is 5.97 Å². The fourth-order valence-electron chi connectivity index (χ4n) is 1.56. The second kappa shape index (κ2) is 6.59. The molecule has 0 amide bonds. The molecular formula is C12H20N2O2S. The molecule has 0 saturated carbocycles. The first-order chi connectivity index (χ1) is 8.08. The summed E-state index contributed by atoms with van der Waals surface area (Å²) in [5, 5.41) is 4.10. The van der Waals surface area contributed by atoms with Crippen LogP contribution in [0.15, 0.2) is 0 Å². The number of nitrogens with zero attached hydrogens (tertiary/aromatic N) is 1. The van der Waals surface area contributed by atoms with E-state index < -0.39 is 0 Å². The van der Waals surface area contributed by atoms with Gasteiger partial charge < -0.3 is 10.1 Å². The summed E-state index contributed by atoms with van der Waals surface area (Å²) in [6.45, 7) is 8.29. The second-order valence-corrected chi connectivity index (χ2v) is 4.99. The highest BCUT2D eigenvalue weighted by Crippen LogP contribution is 2.24. The van der Waals surface area contributed by atoms with Crippen LogP contribution in [0.25, 0.3) is 0 Å². The highest BCUT2D eigenvalue weighted by molar-refractivity contribution is 7.17. The lowest BCUT2D eigenvalue weighted by molar-refractivity contribution is 0.0531. The number of nitrogens with one attached hydrogen (secondary N) is 1. The number of ether oxygens (including phenoxy) is 1. The van der Waals surface area contributed by atoms with Gasteiger partial charge in [0, 0.05) is 6.04 Å². The summed E-state index contributed by atoms with van der Waals surface area (Å²) in [7, 11) is 0. The summed E-state index contributed by atoms with van der Waals surface area (Å²) in [6.07, 6.45) is 2.22. The summed E-state index contributed by atoms with van der Waals surface area (Å²) in [6, 6.07) is 0.376. The fourth-order valence-corrected chi connectivity index (χ4v) is 2.53. The van der Waals surface area contributed by atoms with Crippen molar-refractivity contribution in [2.45, 2.75) is 46.6 Å². The number of rotatable bonds is 6. The van der Waals surface area contributed by atoms with Gasteiger partial charge in [-0.05, 0) is 27.2 Å². The van der Waals surface area contributed by atoms with Crippen molar-refractivity contribution >= 4 is 22.4 Å². The van der Waals surface area contributed by atoms with E-state index in [1.807, 2.05) is 6.92 Å². The zero-order valence-electron chi connectivity index (χ0n) is 10.9. The normalized spacial score (nSPS) is 12.2. The van der Waals surface area contributed by atoms with E-state index in [0.717, 1.165) is 23.7 Å². The van der Waals surface area contributed by atoms with Crippen LogP contribution in [-0.2, 0) is 4.74 Å². The van der Waals surface area contributed by atoms with Gasteiger partial charge in [-0.1, -0.05) is 24.7 Å². The second-order valence-electron chi connectivity index (χ2n) is 3.99. The van der Waals surface area contributed by atoms with E-state index in [1.54, 1.807) is 6.92 Å². The fraction of sp³-hybridized carbons (Fsp3) is 0.667. The Hall–Kier alpha value is -1.10. The number of hydrogen-bond donors (Lipinski definition) is 1. The predicted molar refractivity (Wildman–Crippen MR) is 70.8 cm³/mol. The van der Waals surface area contributed by atoms with Gasteiger partial charge in [0.1, 0.15) is 4.88 Å². The molecular weight excluding hydrogens is 236 g/mol. The predicted octanol–water partition coefficient (Wildman–Crippen LogP) is 3.23. The first-order valence-electron chi connectivity index (χ1n) is 5.99. The molecule has 0 saturated heterocycles. The van der Waals surface area contributed by atoms with Crippen LogP contribution in [0, 0.1) is 6.92 Å². The molecule has 4 nitrogen and oxygen atoms in total. The molecule has 0 aliphatic heterocycles. The third-order valence-electron chi connectivity index (χ3n) is 2.35. The van der Waals surface area contributed by atoms with Crippen molar-refractivity contribution in [2.75, 3.05) is 11.9 Å². The van der Waals surface area contributed by atoms with Crippen molar-refractivity contribution in [1.82, 2.24) is 4.98 Å². The number of esters is 1. The highest BCUT2D eigenvalue weighted by atomic mass is 32.1. The molecule has 0 spiro atoms. The standard InChI is InChI=1S/C12H20N2O2S/c1-5-7-8(3)13-12-14-9(4)10(17-12)11(15)16-6-2/h8H,5-7H2,1-4H3,(H,13,14). The van der Waals surface area contributed by atoms with Crippen molar-refractivity contribution in [3.63, 3.8) is 0 Å². The molecule has 0 fully saturated rings. The summed E-state index contributed by atoms with van der Waals surface area (Å²) < 4.78 is 4.98. The van der Waals surface area contributed by atoms with E-state index in [0.29, 0.717) is 17.5 Å². The molecule has 1 N–H and O–H groups in total. The molecule has 1 unspecified atom stereocenters. The Morgan fingerprint density at radius 1 is 1.53 bits per heavy atom. The number of carbonyl (C=O) groups excluding carboxylic acids is 1. The van der Waals surface area contributed by atoms with Crippen LogP contribution in [0.1, 0.15) is 49.0 Å². The molecule has 1 atom stereocenters. The summed E-state index contributed by atoms with van der Waals surface area (Å²) >= 11 is 1.36. The molecule has 17 heavy (non-hydrogen) atoms. The van der Waals surface area contributed by atoms with Crippen LogP contribution in [0.2, 0.25) is 0 Å². The van der Waals surface area contributed by atoms with Gasteiger partial charge in [-0.3, -0.25) is 0 Å². The van der Waals surface area contributed by atoms with Crippen LogP contribution in [-0.4, -0.2) is 23.6 Å². The first kappa shape index (κ1) is 14.0. The Morgan fingerprint density at radius 3 is 2.82 bits per heavy atom. The maximum absolute atomic E-state index is 11.6. The van der Waals surface area contributed by atoms with Crippen LogP contribution in [0.3, 0.4) is 0 Å². The van der Waals surface area contributed by atoms with Crippen molar-refractivity contribution in [2.24, 2.45) is 0 Å². The lowest BCUT2D eigenvalue weighted by Gasteiger charge is -2.10. The number of aryl methyl sites for hydroxylation is 1. The molecule has 0 aromatic carbocycles. The molecule has 0 bridgehead atoms. The summed E-state index contributed by atoms with van der Waals surface area (Å²) in [5.74, 6) is -0.279. The summed E-state index contributed by atoms with van der Waals surface area (Å²) in [5.41, 5.74) is 0.736. The largest absolute Gasteiger partial charge is 0.462 e. The highest BCUT2D eigenvalue weighted by Gasteiger charge is 2.16. The third kappa shape index (κ3) is 4.00. The van der Waals surface area contributed by atoms with Crippen molar-refractivity contribution < 1.29 is 9.53 Å². The van der Waals surface area contributed by atoms with E-state index in [4.69, 9.17) is 4.74 Å². The number of hydrogen-bond acceptors (Lipinski definition) is 5. The van der Waals surface area contributed by atoms with E-state index in [-0.39, 0.29) is 5.97 Å².